The van der Waals surface area contributed by atoms with E-state index in [-0.39, 0.29) is 6.71 Å². The summed E-state index contributed by atoms with van der Waals surface area (Å²) in [4.78, 5) is 5.02. The molecule has 0 saturated heterocycles. The summed E-state index contributed by atoms with van der Waals surface area (Å²) in [5.74, 6) is 0. The molecule has 10 rings (SSSR count). The van der Waals surface area contributed by atoms with E-state index in [1.807, 2.05) is 0 Å². The Morgan fingerprint density at radius 3 is 2.02 bits per heavy atom. The largest absolute Gasteiger partial charge is 0.315 e. The maximum absolute atomic E-state index is 2.57. The SMILES string of the molecule is C1=CC2=C(CC1)N(c1ccc3c4ccccc4n(-c4ccccc4)c3c1)c1cccc3c1B2c1ccccc1N3c1ccccc1. The molecular weight excluding hydrogens is 557 g/mol. The zero-order valence-corrected chi connectivity index (χ0v) is 25.3. The molecule has 0 bridgehead atoms. The summed E-state index contributed by atoms with van der Waals surface area (Å²) in [6.45, 7) is 0.185. The normalized spacial score (nSPS) is 14.9. The molecule has 2 aliphatic heterocycles. The second kappa shape index (κ2) is 9.88. The van der Waals surface area contributed by atoms with Crippen LogP contribution in [0.25, 0.3) is 27.5 Å². The number of benzene rings is 6. The first-order valence-electron chi connectivity index (χ1n) is 16.2. The molecule has 0 N–H and O–H groups in total. The van der Waals surface area contributed by atoms with Crippen molar-refractivity contribution in [1.29, 1.82) is 0 Å². The third-order valence-corrected chi connectivity index (χ3v) is 10.0. The smallest absolute Gasteiger partial charge is 0.251 e. The van der Waals surface area contributed by atoms with Crippen LogP contribution < -0.4 is 20.7 Å². The van der Waals surface area contributed by atoms with Gasteiger partial charge < -0.3 is 14.4 Å². The van der Waals surface area contributed by atoms with Crippen molar-refractivity contribution < 1.29 is 0 Å². The molecule has 0 atom stereocenters. The highest BCUT2D eigenvalue weighted by Crippen LogP contribution is 2.46. The Morgan fingerprint density at radius 1 is 0.500 bits per heavy atom. The van der Waals surface area contributed by atoms with Crippen LogP contribution in [-0.2, 0) is 0 Å². The summed E-state index contributed by atoms with van der Waals surface area (Å²) >= 11 is 0. The van der Waals surface area contributed by atoms with E-state index >= 15 is 0 Å². The minimum absolute atomic E-state index is 0.185. The van der Waals surface area contributed by atoms with Gasteiger partial charge in [0.25, 0.3) is 6.71 Å². The van der Waals surface area contributed by atoms with Gasteiger partial charge in [0.2, 0.25) is 0 Å². The zero-order valence-electron chi connectivity index (χ0n) is 25.3. The van der Waals surface area contributed by atoms with Gasteiger partial charge in [-0.1, -0.05) is 97.1 Å². The highest BCUT2D eigenvalue weighted by atomic mass is 15.2. The first-order valence-corrected chi connectivity index (χ1v) is 16.2. The topological polar surface area (TPSA) is 11.4 Å². The lowest BCUT2D eigenvalue weighted by atomic mass is 9.32. The summed E-state index contributed by atoms with van der Waals surface area (Å²) in [5, 5.41) is 2.55. The van der Waals surface area contributed by atoms with Crippen LogP contribution in [0.1, 0.15) is 12.8 Å². The standard InChI is InChI=1S/C42H30BN3/c1-3-14-29(15-4-1)44-36-21-10-7-18-32(36)33-27-26-31(28-41(33)44)46-38-23-12-9-20-35(38)43-34-19-8-11-22-37(34)45(30-16-5-2-6-17-30)39-24-13-25-40(46)42(39)43/h1-11,13-22,24-28H,12,23H2. The van der Waals surface area contributed by atoms with Crippen LogP contribution in [0.2, 0.25) is 0 Å². The summed E-state index contributed by atoms with van der Waals surface area (Å²) in [6, 6.07) is 53.3. The predicted octanol–water partition coefficient (Wildman–Crippen LogP) is 9.47. The monoisotopic (exact) mass is 587 g/mol. The fourth-order valence-electron chi connectivity index (χ4n) is 8.19. The van der Waals surface area contributed by atoms with E-state index in [1.165, 1.54) is 78.0 Å². The zero-order chi connectivity index (χ0) is 30.2. The van der Waals surface area contributed by atoms with Crippen LogP contribution in [0, 0.1) is 0 Å². The summed E-state index contributed by atoms with van der Waals surface area (Å²) in [5.41, 5.74) is 15.4. The minimum Gasteiger partial charge on any atom is -0.315 e. The van der Waals surface area contributed by atoms with Gasteiger partial charge >= 0.3 is 0 Å². The van der Waals surface area contributed by atoms with Crippen LogP contribution in [0.15, 0.2) is 169 Å². The Labute approximate surface area is 269 Å². The molecule has 0 saturated carbocycles. The van der Waals surface area contributed by atoms with Gasteiger partial charge in [-0.15, -0.1) is 0 Å². The summed E-state index contributed by atoms with van der Waals surface area (Å²) in [7, 11) is 0. The number of nitrogens with zero attached hydrogens (tertiary/aromatic N) is 3. The molecule has 7 aromatic rings. The lowest BCUT2D eigenvalue weighted by Crippen LogP contribution is -2.56. The molecule has 0 amide bonds. The molecule has 6 aromatic carbocycles. The fourth-order valence-corrected chi connectivity index (χ4v) is 8.19. The van der Waals surface area contributed by atoms with Crippen molar-refractivity contribution in [1.82, 2.24) is 4.57 Å². The van der Waals surface area contributed by atoms with Gasteiger partial charge in [-0.25, -0.2) is 0 Å². The molecule has 3 nitrogen and oxygen atoms in total. The van der Waals surface area contributed by atoms with E-state index in [2.05, 4.69) is 172 Å². The lowest BCUT2D eigenvalue weighted by molar-refractivity contribution is 0.908. The van der Waals surface area contributed by atoms with Gasteiger partial charge in [0.1, 0.15) is 0 Å². The number of aromatic nitrogens is 1. The first kappa shape index (κ1) is 25.6. The van der Waals surface area contributed by atoms with Crippen LogP contribution in [0.3, 0.4) is 0 Å². The van der Waals surface area contributed by atoms with Gasteiger partial charge in [-0.2, -0.15) is 0 Å². The number of fused-ring (bicyclic) bond motifs is 6. The molecule has 0 unspecified atom stereocenters. The Hall–Kier alpha value is -5.74. The average Bonchev–Trinajstić information content (AvgIpc) is 3.46. The number of hydrogen-bond donors (Lipinski definition) is 0. The van der Waals surface area contributed by atoms with Crippen molar-refractivity contribution in [2.75, 3.05) is 9.80 Å². The maximum Gasteiger partial charge on any atom is 0.251 e. The van der Waals surface area contributed by atoms with Crippen molar-refractivity contribution in [2.24, 2.45) is 0 Å². The van der Waals surface area contributed by atoms with Crippen molar-refractivity contribution in [3.63, 3.8) is 0 Å². The molecule has 1 aromatic heterocycles. The number of hydrogen-bond acceptors (Lipinski definition) is 2. The molecule has 0 spiro atoms. The molecule has 1 aliphatic carbocycles. The van der Waals surface area contributed by atoms with Gasteiger partial charge in [-0.3, -0.25) is 0 Å². The Balaban J connectivity index is 1.26. The van der Waals surface area contributed by atoms with Gasteiger partial charge in [-0.05, 0) is 89.9 Å². The number of anilines is 5. The van der Waals surface area contributed by atoms with E-state index in [9.17, 15) is 0 Å². The van der Waals surface area contributed by atoms with E-state index in [0.29, 0.717) is 0 Å². The number of para-hydroxylation sites is 4. The average molecular weight is 588 g/mol. The van der Waals surface area contributed by atoms with Gasteiger partial charge in [0.15, 0.2) is 0 Å². The lowest BCUT2D eigenvalue weighted by Gasteiger charge is -2.45. The van der Waals surface area contributed by atoms with Crippen molar-refractivity contribution in [3.8, 4) is 5.69 Å². The maximum atomic E-state index is 2.57. The van der Waals surface area contributed by atoms with Gasteiger partial charge in [0, 0.05) is 50.6 Å². The molecule has 3 aliphatic rings. The summed E-state index contributed by atoms with van der Waals surface area (Å²) in [6.07, 6.45) is 6.83. The van der Waals surface area contributed by atoms with E-state index in [1.54, 1.807) is 0 Å². The van der Waals surface area contributed by atoms with Gasteiger partial charge in [0.05, 0.1) is 11.0 Å². The molecule has 4 heteroatoms. The van der Waals surface area contributed by atoms with Crippen LogP contribution in [0.5, 0.6) is 0 Å². The number of rotatable bonds is 3. The highest BCUT2D eigenvalue weighted by Gasteiger charge is 2.43. The Bertz CT molecular complexity index is 2390. The minimum atomic E-state index is 0.185. The third kappa shape index (κ3) is 3.55. The second-order valence-corrected chi connectivity index (χ2v) is 12.4. The van der Waals surface area contributed by atoms with Crippen LogP contribution in [0.4, 0.5) is 28.4 Å². The molecule has 46 heavy (non-hydrogen) atoms. The van der Waals surface area contributed by atoms with Crippen LogP contribution in [-0.4, -0.2) is 11.3 Å². The molecule has 3 heterocycles. The van der Waals surface area contributed by atoms with Crippen molar-refractivity contribution in [2.45, 2.75) is 12.8 Å². The van der Waals surface area contributed by atoms with E-state index in [0.717, 1.165) is 12.8 Å². The molecule has 216 valence electrons. The Morgan fingerprint density at radius 2 is 1.17 bits per heavy atom. The van der Waals surface area contributed by atoms with E-state index < -0.39 is 0 Å². The molecule has 0 fully saturated rings. The fraction of sp³-hybridized carbons (Fsp3) is 0.0476. The second-order valence-electron chi connectivity index (χ2n) is 12.4. The molecule has 0 radical (unpaired) electrons. The molecular formula is C42H30BN3. The number of allylic oxidation sites excluding steroid dienone is 4. The highest BCUT2D eigenvalue weighted by molar-refractivity contribution is 6.95. The summed E-state index contributed by atoms with van der Waals surface area (Å²) < 4.78 is 2.42. The third-order valence-electron chi connectivity index (χ3n) is 10.0. The Kier molecular flexibility index (Phi) is 5.50. The quantitative estimate of drug-likeness (QED) is 0.191. The first-order chi connectivity index (χ1) is 22.9. The van der Waals surface area contributed by atoms with E-state index in [4.69, 9.17) is 0 Å². The van der Waals surface area contributed by atoms with Crippen molar-refractivity contribution in [3.05, 3.63) is 169 Å². The predicted molar refractivity (Wildman–Crippen MR) is 194 cm³/mol. The van der Waals surface area contributed by atoms with Crippen molar-refractivity contribution >= 4 is 67.9 Å². The van der Waals surface area contributed by atoms with Crippen LogP contribution >= 0.6 is 0 Å².